The van der Waals surface area contributed by atoms with Gasteiger partial charge in [0.2, 0.25) is 0 Å². The number of hydrogen-bond acceptors (Lipinski definition) is 3. The SMILES string of the molecule is CCOC(CNC(C)C1(C)CC1)OCC. The minimum absolute atomic E-state index is 0.0928. The van der Waals surface area contributed by atoms with Crippen LogP contribution >= 0.6 is 0 Å². The second-order valence-electron chi connectivity index (χ2n) is 4.62. The van der Waals surface area contributed by atoms with E-state index in [1.165, 1.54) is 12.8 Å². The zero-order chi connectivity index (χ0) is 11.3. The van der Waals surface area contributed by atoms with Gasteiger partial charge in [0.1, 0.15) is 0 Å². The van der Waals surface area contributed by atoms with Crippen molar-refractivity contribution < 1.29 is 9.47 Å². The summed E-state index contributed by atoms with van der Waals surface area (Å²) >= 11 is 0. The van der Waals surface area contributed by atoms with Crippen LogP contribution in [0.1, 0.15) is 40.5 Å². The fourth-order valence-corrected chi connectivity index (χ4v) is 1.69. The third kappa shape index (κ3) is 4.09. The van der Waals surface area contributed by atoms with Crippen LogP contribution in [0.3, 0.4) is 0 Å². The molecule has 1 N–H and O–H groups in total. The topological polar surface area (TPSA) is 30.5 Å². The lowest BCUT2D eigenvalue weighted by molar-refractivity contribution is -0.134. The van der Waals surface area contributed by atoms with E-state index in [0.717, 1.165) is 6.54 Å². The highest BCUT2D eigenvalue weighted by molar-refractivity contribution is 4.96. The van der Waals surface area contributed by atoms with Crippen LogP contribution in [-0.2, 0) is 9.47 Å². The maximum absolute atomic E-state index is 5.48. The summed E-state index contributed by atoms with van der Waals surface area (Å²) < 4.78 is 11.0. The van der Waals surface area contributed by atoms with E-state index in [2.05, 4.69) is 19.2 Å². The van der Waals surface area contributed by atoms with Crippen molar-refractivity contribution in [3.63, 3.8) is 0 Å². The number of hydrogen-bond donors (Lipinski definition) is 1. The lowest BCUT2D eigenvalue weighted by atomic mass is 10.0. The molecule has 0 aromatic carbocycles. The van der Waals surface area contributed by atoms with Crippen LogP contribution in [0.15, 0.2) is 0 Å². The molecular formula is C12H25NO2. The highest BCUT2D eigenvalue weighted by atomic mass is 16.7. The predicted octanol–water partition coefficient (Wildman–Crippen LogP) is 2.16. The molecule has 0 heterocycles. The molecule has 3 nitrogen and oxygen atoms in total. The number of nitrogens with one attached hydrogen (secondary N) is 1. The van der Waals surface area contributed by atoms with Crippen molar-refractivity contribution in [3.8, 4) is 0 Å². The summed E-state index contributed by atoms with van der Waals surface area (Å²) in [6.07, 6.45) is 2.59. The van der Waals surface area contributed by atoms with Gasteiger partial charge in [0.25, 0.3) is 0 Å². The first-order valence-electron chi connectivity index (χ1n) is 6.09. The molecule has 0 saturated heterocycles. The second-order valence-corrected chi connectivity index (χ2v) is 4.62. The normalized spacial score (nSPS) is 20.6. The van der Waals surface area contributed by atoms with Gasteiger partial charge in [-0.2, -0.15) is 0 Å². The Hall–Kier alpha value is -0.120. The Morgan fingerprint density at radius 3 is 2.13 bits per heavy atom. The van der Waals surface area contributed by atoms with E-state index < -0.39 is 0 Å². The predicted molar refractivity (Wildman–Crippen MR) is 61.8 cm³/mol. The molecule has 15 heavy (non-hydrogen) atoms. The molecule has 1 unspecified atom stereocenters. The van der Waals surface area contributed by atoms with E-state index in [-0.39, 0.29) is 6.29 Å². The van der Waals surface area contributed by atoms with Crippen molar-refractivity contribution >= 4 is 0 Å². The third-order valence-electron chi connectivity index (χ3n) is 3.38. The molecule has 1 aliphatic rings. The average Bonchev–Trinajstić information content (AvgIpc) is 2.94. The van der Waals surface area contributed by atoms with Gasteiger partial charge in [-0.15, -0.1) is 0 Å². The Kier molecular flexibility index (Phi) is 5.03. The molecule has 0 amide bonds. The Balaban J connectivity index is 2.20. The molecule has 90 valence electrons. The highest BCUT2D eigenvalue weighted by Gasteiger charge is 2.42. The summed E-state index contributed by atoms with van der Waals surface area (Å²) in [5.41, 5.74) is 0.517. The van der Waals surface area contributed by atoms with Crippen LogP contribution < -0.4 is 5.32 Å². The van der Waals surface area contributed by atoms with Crippen molar-refractivity contribution in [2.24, 2.45) is 5.41 Å². The van der Waals surface area contributed by atoms with Gasteiger partial charge in [-0.25, -0.2) is 0 Å². The van der Waals surface area contributed by atoms with E-state index in [1.807, 2.05) is 13.8 Å². The van der Waals surface area contributed by atoms with E-state index >= 15 is 0 Å². The van der Waals surface area contributed by atoms with Crippen molar-refractivity contribution in [2.45, 2.75) is 52.9 Å². The van der Waals surface area contributed by atoms with Crippen molar-refractivity contribution in [1.29, 1.82) is 0 Å². The summed E-state index contributed by atoms with van der Waals surface area (Å²) in [5.74, 6) is 0. The first kappa shape index (κ1) is 12.9. The van der Waals surface area contributed by atoms with Gasteiger partial charge in [-0.3, -0.25) is 0 Å². The Morgan fingerprint density at radius 2 is 1.73 bits per heavy atom. The van der Waals surface area contributed by atoms with E-state index in [0.29, 0.717) is 24.7 Å². The Labute approximate surface area is 93.5 Å². The smallest absolute Gasteiger partial charge is 0.169 e. The van der Waals surface area contributed by atoms with Crippen LogP contribution in [-0.4, -0.2) is 32.1 Å². The fraction of sp³-hybridized carbons (Fsp3) is 1.00. The van der Waals surface area contributed by atoms with E-state index in [1.54, 1.807) is 0 Å². The van der Waals surface area contributed by atoms with Gasteiger partial charge in [0.15, 0.2) is 6.29 Å². The minimum atomic E-state index is -0.0928. The Morgan fingerprint density at radius 1 is 1.20 bits per heavy atom. The Bertz CT molecular complexity index is 174. The molecular weight excluding hydrogens is 190 g/mol. The molecule has 1 saturated carbocycles. The molecule has 0 aromatic rings. The van der Waals surface area contributed by atoms with Gasteiger partial charge in [-0.1, -0.05) is 6.92 Å². The zero-order valence-corrected chi connectivity index (χ0v) is 10.5. The van der Waals surface area contributed by atoms with Crippen molar-refractivity contribution in [2.75, 3.05) is 19.8 Å². The lowest BCUT2D eigenvalue weighted by Gasteiger charge is -2.24. The largest absolute Gasteiger partial charge is 0.352 e. The molecule has 0 aliphatic heterocycles. The standard InChI is InChI=1S/C12H25NO2/c1-5-14-11(15-6-2)9-13-10(3)12(4)7-8-12/h10-11,13H,5-9H2,1-4H3. The van der Waals surface area contributed by atoms with Crippen LogP contribution in [0, 0.1) is 5.41 Å². The van der Waals surface area contributed by atoms with Gasteiger partial charge in [0, 0.05) is 25.8 Å². The maximum atomic E-state index is 5.48. The van der Waals surface area contributed by atoms with Crippen LogP contribution in [0.4, 0.5) is 0 Å². The molecule has 1 atom stereocenters. The second kappa shape index (κ2) is 5.83. The quantitative estimate of drug-likeness (QED) is 0.629. The van der Waals surface area contributed by atoms with Gasteiger partial charge < -0.3 is 14.8 Å². The van der Waals surface area contributed by atoms with Crippen LogP contribution in [0.5, 0.6) is 0 Å². The van der Waals surface area contributed by atoms with Gasteiger partial charge in [-0.05, 0) is 39.0 Å². The summed E-state index contributed by atoms with van der Waals surface area (Å²) in [6.45, 7) is 10.8. The van der Waals surface area contributed by atoms with Gasteiger partial charge >= 0.3 is 0 Å². The lowest BCUT2D eigenvalue weighted by Crippen LogP contribution is -2.40. The molecule has 1 fully saturated rings. The molecule has 0 radical (unpaired) electrons. The van der Waals surface area contributed by atoms with Crippen LogP contribution in [0.2, 0.25) is 0 Å². The summed E-state index contributed by atoms with van der Waals surface area (Å²) in [6, 6.07) is 0.556. The zero-order valence-electron chi connectivity index (χ0n) is 10.5. The van der Waals surface area contributed by atoms with Crippen LogP contribution in [0.25, 0.3) is 0 Å². The van der Waals surface area contributed by atoms with Crippen molar-refractivity contribution in [3.05, 3.63) is 0 Å². The maximum Gasteiger partial charge on any atom is 0.169 e. The average molecular weight is 215 g/mol. The molecule has 0 aromatic heterocycles. The fourth-order valence-electron chi connectivity index (χ4n) is 1.69. The van der Waals surface area contributed by atoms with Crippen molar-refractivity contribution in [1.82, 2.24) is 5.32 Å². The van der Waals surface area contributed by atoms with E-state index in [4.69, 9.17) is 9.47 Å². The highest BCUT2D eigenvalue weighted by Crippen LogP contribution is 2.47. The first-order valence-corrected chi connectivity index (χ1v) is 6.09. The molecule has 1 rings (SSSR count). The molecule has 0 bridgehead atoms. The summed E-state index contributed by atoms with van der Waals surface area (Å²) in [7, 11) is 0. The number of ether oxygens (including phenoxy) is 2. The molecule has 0 spiro atoms. The molecule has 3 heteroatoms. The third-order valence-corrected chi connectivity index (χ3v) is 3.38. The first-order chi connectivity index (χ1) is 7.12. The van der Waals surface area contributed by atoms with Gasteiger partial charge in [0.05, 0.1) is 0 Å². The number of rotatable bonds is 8. The summed E-state index contributed by atoms with van der Waals surface area (Å²) in [4.78, 5) is 0. The monoisotopic (exact) mass is 215 g/mol. The van der Waals surface area contributed by atoms with E-state index in [9.17, 15) is 0 Å². The molecule has 1 aliphatic carbocycles. The summed E-state index contributed by atoms with van der Waals surface area (Å²) in [5, 5.41) is 3.50. The minimum Gasteiger partial charge on any atom is -0.352 e.